The van der Waals surface area contributed by atoms with Crippen LogP contribution in [-0.4, -0.2) is 25.6 Å². The number of hydrogen-bond donors (Lipinski definition) is 2. The second kappa shape index (κ2) is 5.38. The number of hydrogen-bond acceptors (Lipinski definition) is 3. The molecule has 1 amide bonds. The predicted octanol–water partition coefficient (Wildman–Crippen LogP) is 2.04. The van der Waals surface area contributed by atoms with Gasteiger partial charge in [0.15, 0.2) is 0 Å². The summed E-state index contributed by atoms with van der Waals surface area (Å²) in [4.78, 5) is 11.9. The Hall–Kier alpha value is -1.26. The average Bonchev–Trinajstić information content (AvgIpc) is 2.83. The van der Waals surface area contributed by atoms with E-state index >= 15 is 0 Å². The second-order valence-electron chi connectivity index (χ2n) is 3.98. The van der Waals surface area contributed by atoms with E-state index in [2.05, 4.69) is 10.6 Å². The highest BCUT2D eigenvalue weighted by atomic mass is 35.5. The van der Waals surface area contributed by atoms with E-state index in [0.29, 0.717) is 16.5 Å². The van der Waals surface area contributed by atoms with Gasteiger partial charge in [-0.15, -0.1) is 0 Å². The smallest absolute Gasteiger partial charge is 0.241 e. The van der Waals surface area contributed by atoms with E-state index in [1.54, 1.807) is 25.3 Å². The van der Waals surface area contributed by atoms with Gasteiger partial charge in [0, 0.05) is 5.02 Å². The van der Waals surface area contributed by atoms with Crippen molar-refractivity contribution < 1.29 is 9.53 Å². The zero-order valence-electron chi connectivity index (χ0n) is 9.63. The number of amides is 1. The SMILES string of the molecule is COc1ccc(Cl)cc1NC(=O)[C@H]1CCCN1. The first-order valence-electron chi connectivity index (χ1n) is 5.58. The molecule has 5 heteroatoms. The molecule has 1 heterocycles. The normalized spacial score (nSPS) is 19.1. The number of methoxy groups -OCH3 is 1. The molecule has 1 aromatic rings. The first-order chi connectivity index (χ1) is 8.20. The van der Waals surface area contributed by atoms with Gasteiger partial charge in [-0.3, -0.25) is 4.79 Å². The summed E-state index contributed by atoms with van der Waals surface area (Å²) in [5.41, 5.74) is 0.610. The van der Waals surface area contributed by atoms with Crippen LogP contribution < -0.4 is 15.4 Å². The van der Waals surface area contributed by atoms with Crippen LogP contribution >= 0.6 is 11.6 Å². The Morgan fingerprint density at radius 1 is 1.59 bits per heavy atom. The lowest BCUT2D eigenvalue weighted by Gasteiger charge is -2.13. The molecule has 0 spiro atoms. The summed E-state index contributed by atoms with van der Waals surface area (Å²) in [5.74, 6) is 0.573. The van der Waals surface area contributed by atoms with E-state index in [1.807, 2.05) is 0 Å². The third kappa shape index (κ3) is 2.90. The standard InChI is InChI=1S/C12H15ClN2O2/c1-17-11-5-4-8(13)7-10(11)15-12(16)9-3-2-6-14-9/h4-5,7,9,14H,2-3,6H2,1H3,(H,15,16)/t9-/m1/s1. The van der Waals surface area contributed by atoms with Gasteiger partial charge in [-0.05, 0) is 37.6 Å². The lowest BCUT2D eigenvalue weighted by Crippen LogP contribution is -2.35. The molecule has 1 aliphatic heterocycles. The van der Waals surface area contributed by atoms with Gasteiger partial charge < -0.3 is 15.4 Å². The fourth-order valence-corrected chi connectivity index (χ4v) is 2.08. The Kier molecular flexibility index (Phi) is 3.86. The van der Waals surface area contributed by atoms with Crippen molar-refractivity contribution in [1.29, 1.82) is 0 Å². The maximum Gasteiger partial charge on any atom is 0.241 e. The van der Waals surface area contributed by atoms with Gasteiger partial charge in [0.2, 0.25) is 5.91 Å². The van der Waals surface area contributed by atoms with Crippen molar-refractivity contribution in [1.82, 2.24) is 5.32 Å². The van der Waals surface area contributed by atoms with Crippen LogP contribution in [0.5, 0.6) is 5.75 Å². The highest BCUT2D eigenvalue weighted by molar-refractivity contribution is 6.31. The van der Waals surface area contributed by atoms with Crippen molar-refractivity contribution in [2.75, 3.05) is 19.0 Å². The van der Waals surface area contributed by atoms with Crippen LogP contribution in [0.2, 0.25) is 5.02 Å². The summed E-state index contributed by atoms with van der Waals surface area (Å²) < 4.78 is 5.17. The molecule has 1 fully saturated rings. The van der Waals surface area contributed by atoms with Crippen molar-refractivity contribution >= 4 is 23.2 Å². The molecule has 0 aromatic heterocycles. The maximum atomic E-state index is 11.9. The molecular weight excluding hydrogens is 240 g/mol. The number of rotatable bonds is 3. The van der Waals surface area contributed by atoms with Gasteiger partial charge in [0.05, 0.1) is 18.8 Å². The molecule has 0 radical (unpaired) electrons. The molecule has 92 valence electrons. The molecule has 0 bridgehead atoms. The van der Waals surface area contributed by atoms with E-state index in [1.165, 1.54) is 0 Å². The first-order valence-corrected chi connectivity index (χ1v) is 5.96. The van der Waals surface area contributed by atoms with Gasteiger partial charge >= 0.3 is 0 Å². The molecule has 0 unspecified atom stereocenters. The predicted molar refractivity (Wildman–Crippen MR) is 67.7 cm³/mol. The number of benzene rings is 1. The van der Waals surface area contributed by atoms with Crippen molar-refractivity contribution in [3.05, 3.63) is 23.2 Å². The quantitative estimate of drug-likeness (QED) is 0.868. The number of anilines is 1. The van der Waals surface area contributed by atoms with Crippen LogP contribution in [0, 0.1) is 0 Å². The van der Waals surface area contributed by atoms with Gasteiger partial charge in [-0.25, -0.2) is 0 Å². The summed E-state index contributed by atoms with van der Waals surface area (Å²) in [6.45, 7) is 0.894. The molecule has 0 aliphatic carbocycles. The molecule has 2 rings (SSSR count). The molecule has 1 aliphatic rings. The molecule has 1 atom stereocenters. The summed E-state index contributed by atoms with van der Waals surface area (Å²) in [6, 6.07) is 5.04. The summed E-state index contributed by atoms with van der Waals surface area (Å²) in [6.07, 6.45) is 1.90. The van der Waals surface area contributed by atoms with Crippen LogP contribution in [0.4, 0.5) is 5.69 Å². The minimum absolute atomic E-state index is 0.0388. The van der Waals surface area contributed by atoms with Crippen molar-refractivity contribution in [3.8, 4) is 5.75 Å². The minimum Gasteiger partial charge on any atom is -0.495 e. The van der Waals surface area contributed by atoms with E-state index in [9.17, 15) is 4.79 Å². The highest BCUT2D eigenvalue weighted by Crippen LogP contribution is 2.28. The molecule has 2 N–H and O–H groups in total. The van der Waals surface area contributed by atoms with Crippen LogP contribution in [0.1, 0.15) is 12.8 Å². The van der Waals surface area contributed by atoms with E-state index in [-0.39, 0.29) is 11.9 Å². The van der Waals surface area contributed by atoms with Crippen LogP contribution in [0.3, 0.4) is 0 Å². The van der Waals surface area contributed by atoms with E-state index < -0.39 is 0 Å². The summed E-state index contributed by atoms with van der Waals surface area (Å²) in [7, 11) is 1.56. The molecule has 4 nitrogen and oxygen atoms in total. The maximum absolute atomic E-state index is 11.9. The number of ether oxygens (including phenoxy) is 1. The monoisotopic (exact) mass is 254 g/mol. The minimum atomic E-state index is -0.112. The fourth-order valence-electron chi connectivity index (χ4n) is 1.91. The third-order valence-electron chi connectivity index (χ3n) is 2.80. The van der Waals surface area contributed by atoms with Gasteiger partial charge in [0.25, 0.3) is 0 Å². The lowest BCUT2D eigenvalue weighted by molar-refractivity contribution is -0.117. The van der Waals surface area contributed by atoms with Crippen molar-refractivity contribution in [3.63, 3.8) is 0 Å². The Morgan fingerprint density at radius 3 is 3.06 bits per heavy atom. The van der Waals surface area contributed by atoms with Crippen LogP contribution in [-0.2, 0) is 4.79 Å². The van der Waals surface area contributed by atoms with Crippen molar-refractivity contribution in [2.45, 2.75) is 18.9 Å². The largest absolute Gasteiger partial charge is 0.495 e. The van der Waals surface area contributed by atoms with Gasteiger partial charge in [-0.1, -0.05) is 11.6 Å². The van der Waals surface area contributed by atoms with Gasteiger partial charge in [-0.2, -0.15) is 0 Å². The molecular formula is C12H15ClN2O2. The molecule has 0 saturated carbocycles. The van der Waals surface area contributed by atoms with E-state index in [0.717, 1.165) is 19.4 Å². The fraction of sp³-hybridized carbons (Fsp3) is 0.417. The summed E-state index contributed by atoms with van der Waals surface area (Å²) in [5, 5.41) is 6.55. The third-order valence-corrected chi connectivity index (χ3v) is 3.03. The number of halogens is 1. The Balaban J connectivity index is 2.11. The first kappa shape index (κ1) is 12.2. The number of carbonyl (C=O) groups is 1. The molecule has 17 heavy (non-hydrogen) atoms. The second-order valence-corrected chi connectivity index (χ2v) is 4.42. The summed E-state index contributed by atoms with van der Waals surface area (Å²) >= 11 is 5.89. The Morgan fingerprint density at radius 2 is 2.41 bits per heavy atom. The number of carbonyl (C=O) groups excluding carboxylic acids is 1. The molecule has 1 aromatic carbocycles. The van der Waals surface area contributed by atoms with Crippen LogP contribution in [0.25, 0.3) is 0 Å². The average molecular weight is 255 g/mol. The lowest BCUT2D eigenvalue weighted by atomic mass is 10.2. The van der Waals surface area contributed by atoms with Gasteiger partial charge in [0.1, 0.15) is 5.75 Å². The Bertz CT molecular complexity index is 417. The van der Waals surface area contributed by atoms with E-state index in [4.69, 9.17) is 16.3 Å². The highest BCUT2D eigenvalue weighted by Gasteiger charge is 2.22. The zero-order valence-corrected chi connectivity index (χ0v) is 10.4. The Labute approximate surface area is 105 Å². The molecule has 1 saturated heterocycles. The topological polar surface area (TPSA) is 50.4 Å². The van der Waals surface area contributed by atoms with Crippen molar-refractivity contribution in [2.24, 2.45) is 0 Å². The number of nitrogens with one attached hydrogen (secondary N) is 2. The van der Waals surface area contributed by atoms with Crippen LogP contribution in [0.15, 0.2) is 18.2 Å². The zero-order chi connectivity index (χ0) is 12.3.